The molecular weight excluding hydrogens is 383 g/mol. The lowest BCUT2D eigenvalue weighted by Gasteiger charge is -2.33. The Hall–Kier alpha value is -2.68. The van der Waals surface area contributed by atoms with Gasteiger partial charge in [-0.3, -0.25) is 9.52 Å². The van der Waals surface area contributed by atoms with Crippen LogP contribution in [-0.4, -0.2) is 39.4 Å². The minimum absolute atomic E-state index is 0.0249. The average molecular weight is 406 g/mol. The van der Waals surface area contributed by atoms with Crippen LogP contribution in [0.5, 0.6) is 0 Å². The molecule has 0 radical (unpaired) electrons. The summed E-state index contributed by atoms with van der Waals surface area (Å²) in [7, 11) is -2.31. The molecule has 2 heterocycles. The topological polar surface area (TPSA) is 91.4 Å². The summed E-state index contributed by atoms with van der Waals surface area (Å²) in [5.41, 5.74) is 0.570. The van der Waals surface area contributed by atoms with Crippen LogP contribution in [0.2, 0.25) is 0 Å². The molecule has 0 bridgehead atoms. The van der Waals surface area contributed by atoms with Crippen molar-refractivity contribution < 1.29 is 17.6 Å². The number of rotatable bonds is 5. The SMILES string of the molecule is CNC(=O)C1CCCN(c2ncccc2NS(=O)(=O)c2ccc(F)c(C)c2)C1. The Morgan fingerprint density at radius 3 is 2.82 bits per heavy atom. The molecule has 150 valence electrons. The number of carbonyl (C=O) groups excluding carboxylic acids is 1. The van der Waals surface area contributed by atoms with E-state index in [1.54, 1.807) is 25.4 Å². The zero-order chi connectivity index (χ0) is 20.3. The summed E-state index contributed by atoms with van der Waals surface area (Å²) in [6, 6.07) is 6.91. The monoisotopic (exact) mass is 406 g/mol. The van der Waals surface area contributed by atoms with E-state index in [2.05, 4.69) is 15.0 Å². The third-order valence-corrected chi connectivity index (χ3v) is 6.17. The van der Waals surface area contributed by atoms with E-state index < -0.39 is 15.8 Å². The van der Waals surface area contributed by atoms with E-state index in [4.69, 9.17) is 0 Å². The van der Waals surface area contributed by atoms with E-state index in [0.717, 1.165) is 18.9 Å². The number of nitrogens with zero attached hydrogens (tertiary/aromatic N) is 2. The zero-order valence-corrected chi connectivity index (χ0v) is 16.6. The molecule has 1 aliphatic heterocycles. The van der Waals surface area contributed by atoms with E-state index in [1.165, 1.54) is 19.1 Å². The fourth-order valence-electron chi connectivity index (χ4n) is 3.30. The molecule has 1 amide bonds. The average Bonchev–Trinajstić information content (AvgIpc) is 2.69. The molecule has 1 aliphatic rings. The van der Waals surface area contributed by atoms with Crippen molar-refractivity contribution in [3.8, 4) is 0 Å². The van der Waals surface area contributed by atoms with Crippen LogP contribution < -0.4 is 14.9 Å². The van der Waals surface area contributed by atoms with Crippen LogP contribution in [0, 0.1) is 18.7 Å². The minimum atomic E-state index is -3.91. The van der Waals surface area contributed by atoms with Gasteiger partial charge in [-0.25, -0.2) is 17.8 Å². The summed E-state index contributed by atoms with van der Waals surface area (Å²) >= 11 is 0. The van der Waals surface area contributed by atoms with Gasteiger partial charge in [0, 0.05) is 26.3 Å². The predicted octanol–water partition coefficient (Wildman–Crippen LogP) is 2.29. The fourth-order valence-corrected chi connectivity index (χ4v) is 4.45. The summed E-state index contributed by atoms with van der Waals surface area (Å²) < 4.78 is 41.6. The van der Waals surface area contributed by atoms with Gasteiger partial charge < -0.3 is 10.2 Å². The Morgan fingerprint density at radius 2 is 2.11 bits per heavy atom. The van der Waals surface area contributed by atoms with Gasteiger partial charge >= 0.3 is 0 Å². The lowest BCUT2D eigenvalue weighted by atomic mass is 9.97. The second-order valence-electron chi connectivity index (χ2n) is 6.79. The van der Waals surface area contributed by atoms with Gasteiger partial charge in [-0.1, -0.05) is 0 Å². The van der Waals surface area contributed by atoms with Crippen LogP contribution in [0.15, 0.2) is 41.4 Å². The van der Waals surface area contributed by atoms with Crippen molar-refractivity contribution in [2.45, 2.75) is 24.7 Å². The van der Waals surface area contributed by atoms with Gasteiger partial charge in [0.15, 0.2) is 5.82 Å². The molecule has 0 saturated carbocycles. The maximum atomic E-state index is 13.5. The fraction of sp³-hybridized carbons (Fsp3) is 0.368. The van der Waals surface area contributed by atoms with Crippen molar-refractivity contribution >= 4 is 27.4 Å². The normalized spacial score (nSPS) is 17.2. The number of anilines is 2. The Balaban J connectivity index is 1.88. The van der Waals surface area contributed by atoms with Crippen LogP contribution in [0.4, 0.5) is 15.9 Å². The predicted molar refractivity (Wildman–Crippen MR) is 105 cm³/mol. The molecule has 1 atom stereocenters. The number of aromatic nitrogens is 1. The molecule has 1 saturated heterocycles. The van der Waals surface area contributed by atoms with E-state index in [0.29, 0.717) is 24.6 Å². The third-order valence-electron chi connectivity index (χ3n) is 4.81. The Labute approximate surface area is 164 Å². The summed E-state index contributed by atoms with van der Waals surface area (Å²) in [4.78, 5) is 18.2. The number of aryl methyl sites for hydroxylation is 1. The quantitative estimate of drug-likeness (QED) is 0.795. The molecule has 3 rings (SSSR count). The van der Waals surface area contributed by atoms with Gasteiger partial charge in [-0.05, 0) is 55.7 Å². The van der Waals surface area contributed by atoms with Crippen molar-refractivity contribution in [2.75, 3.05) is 29.8 Å². The smallest absolute Gasteiger partial charge is 0.262 e. The molecule has 1 aromatic heterocycles. The summed E-state index contributed by atoms with van der Waals surface area (Å²) in [5, 5.41) is 2.66. The molecule has 0 aliphatic carbocycles. The number of sulfonamides is 1. The van der Waals surface area contributed by atoms with Crippen LogP contribution in [0.1, 0.15) is 18.4 Å². The van der Waals surface area contributed by atoms with Gasteiger partial charge in [0.25, 0.3) is 10.0 Å². The van der Waals surface area contributed by atoms with Gasteiger partial charge in [0.05, 0.1) is 16.5 Å². The highest BCUT2D eigenvalue weighted by atomic mass is 32.2. The van der Waals surface area contributed by atoms with Crippen LogP contribution in [0.25, 0.3) is 0 Å². The number of pyridine rings is 1. The van der Waals surface area contributed by atoms with E-state index >= 15 is 0 Å². The standard InChI is InChI=1S/C19H23FN4O3S/c1-13-11-15(7-8-16(13)20)28(26,27)23-17-6-3-9-22-18(17)24-10-4-5-14(12-24)19(25)21-2/h3,6-9,11,14,23H,4-5,10,12H2,1-2H3,(H,21,25). The summed E-state index contributed by atoms with van der Waals surface area (Å²) in [6.07, 6.45) is 3.16. The first-order valence-corrected chi connectivity index (χ1v) is 10.5. The number of hydrogen-bond acceptors (Lipinski definition) is 5. The maximum Gasteiger partial charge on any atom is 0.262 e. The van der Waals surface area contributed by atoms with Crippen LogP contribution >= 0.6 is 0 Å². The maximum absolute atomic E-state index is 13.5. The largest absolute Gasteiger partial charge is 0.359 e. The second-order valence-corrected chi connectivity index (χ2v) is 8.47. The summed E-state index contributed by atoms with van der Waals surface area (Å²) in [6.45, 7) is 2.65. The summed E-state index contributed by atoms with van der Waals surface area (Å²) in [5.74, 6) is -0.206. The second kappa shape index (κ2) is 8.14. The molecule has 9 heteroatoms. The highest BCUT2D eigenvalue weighted by molar-refractivity contribution is 7.92. The van der Waals surface area contributed by atoms with Crippen LogP contribution in [0.3, 0.4) is 0 Å². The molecule has 28 heavy (non-hydrogen) atoms. The van der Waals surface area contributed by atoms with Crippen molar-refractivity contribution in [2.24, 2.45) is 5.92 Å². The van der Waals surface area contributed by atoms with Gasteiger partial charge in [-0.2, -0.15) is 0 Å². The van der Waals surface area contributed by atoms with E-state index in [1.807, 2.05) is 4.90 Å². The number of carbonyl (C=O) groups is 1. The Kier molecular flexibility index (Phi) is 5.83. The first-order valence-electron chi connectivity index (χ1n) is 9.02. The van der Waals surface area contributed by atoms with Crippen molar-refractivity contribution in [1.82, 2.24) is 10.3 Å². The highest BCUT2D eigenvalue weighted by Crippen LogP contribution is 2.29. The van der Waals surface area contributed by atoms with Gasteiger partial charge in [0.2, 0.25) is 5.91 Å². The Morgan fingerprint density at radius 1 is 1.32 bits per heavy atom. The lowest BCUT2D eigenvalue weighted by Crippen LogP contribution is -2.42. The first kappa shape index (κ1) is 20.1. The van der Waals surface area contributed by atoms with Crippen molar-refractivity contribution in [3.63, 3.8) is 0 Å². The van der Waals surface area contributed by atoms with Crippen molar-refractivity contribution in [1.29, 1.82) is 0 Å². The number of benzene rings is 1. The van der Waals surface area contributed by atoms with E-state index in [9.17, 15) is 17.6 Å². The molecule has 2 N–H and O–H groups in total. The number of hydrogen-bond donors (Lipinski definition) is 2. The zero-order valence-electron chi connectivity index (χ0n) is 15.8. The molecule has 1 unspecified atom stereocenters. The van der Waals surface area contributed by atoms with Gasteiger partial charge in [0.1, 0.15) is 5.82 Å². The molecular formula is C19H23FN4O3S. The highest BCUT2D eigenvalue weighted by Gasteiger charge is 2.28. The first-order chi connectivity index (χ1) is 13.3. The molecule has 2 aromatic rings. The number of amides is 1. The molecule has 1 aromatic carbocycles. The number of piperidine rings is 1. The molecule has 0 spiro atoms. The number of nitrogens with one attached hydrogen (secondary N) is 2. The number of halogens is 1. The minimum Gasteiger partial charge on any atom is -0.359 e. The molecule has 7 nitrogen and oxygen atoms in total. The molecule has 1 fully saturated rings. The Bertz CT molecular complexity index is 981. The van der Waals surface area contributed by atoms with Gasteiger partial charge in [-0.15, -0.1) is 0 Å². The van der Waals surface area contributed by atoms with E-state index in [-0.39, 0.29) is 22.3 Å². The van der Waals surface area contributed by atoms with Crippen LogP contribution in [-0.2, 0) is 14.8 Å². The third kappa shape index (κ3) is 4.24. The lowest BCUT2D eigenvalue weighted by molar-refractivity contribution is -0.124. The van der Waals surface area contributed by atoms with Crippen molar-refractivity contribution in [3.05, 3.63) is 47.9 Å².